The van der Waals surface area contributed by atoms with Crippen molar-refractivity contribution in [1.29, 1.82) is 0 Å². The van der Waals surface area contributed by atoms with Gasteiger partial charge >= 0.3 is 0 Å². The first kappa shape index (κ1) is 18.4. The molecule has 0 aliphatic carbocycles. The number of amides is 1. The van der Waals surface area contributed by atoms with Crippen molar-refractivity contribution >= 4 is 21.4 Å². The Morgan fingerprint density at radius 2 is 2.00 bits per heavy atom. The molecule has 26 heavy (non-hydrogen) atoms. The third kappa shape index (κ3) is 4.43. The van der Waals surface area contributed by atoms with E-state index in [4.69, 9.17) is 0 Å². The molecule has 8 heteroatoms. The lowest BCUT2D eigenvalue weighted by molar-refractivity contribution is 0.0757. The van der Waals surface area contributed by atoms with Crippen LogP contribution in [0.4, 0.5) is 5.69 Å². The second kappa shape index (κ2) is 7.90. The Balaban J connectivity index is 1.68. The van der Waals surface area contributed by atoms with Gasteiger partial charge in [-0.2, -0.15) is 5.10 Å². The number of sulfone groups is 1. The normalized spacial score (nSPS) is 16.4. The number of benzene rings is 1. The Morgan fingerprint density at radius 1 is 1.23 bits per heavy atom. The monoisotopic (exact) mass is 376 g/mol. The molecule has 1 aromatic heterocycles. The Bertz CT molecular complexity index is 835. The maximum absolute atomic E-state index is 12.9. The quantitative estimate of drug-likeness (QED) is 0.759. The molecule has 140 valence electrons. The molecule has 2 heterocycles. The summed E-state index contributed by atoms with van der Waals surface area (Å²) in [6, 6.07) is 9.31. The zero-order valence-electron chi connectivity index (χ0n) is 14.9. The standard InChI is InChI=1S/C18H24N4O3S/c1-2-20(9-10-22-8-4-7-19-22)18(23)16-5-3-6-17(15-16)21-11-13-26(24,25)14-12-21/h3-8,15H,2,9-14H2,1H3. The van der Waals surface area contributed by atoms with E-state index in [1.807, 2.05) is 48.4 Å². The van der Waals surface area contributed by atoms with Crippen LogP contribution in [0.2, 0.25) is 0 Å². The second-order valence-electron chi connectivity index (χ2n) is 6.34. The number of rotatable bonds is 6. The molecule has 1 aliphatic heterocycles. The van der Waals surface area contributed by atoms with Gasteiger partial charge in [-0.1, -0.05) is 6.07 Å². The lowest BCUT2D eigenvalue weighted by atomic mass is 10.1. The first-order valence-corrected chi connectivity index (χ1v) is 10.6. The van der Waals surface area contributed by atoms with Gasteiger partial charge in [0.2, 0.25) is 0 Å². The van der Waals surface area contributed by atoms with Gasteiger partial charge < -0.3 is 9.80 Å². The number of hydrogen-bond acceptors (Lipinski definition) is 5. The predicted octanol–water partition coefficient (Wildman–Crippen LogP) is 1.28. The van der Waals surface area contributed by atoms with Crippen molar-refractivity contribution in [3.8, 4) is 0 Å². The van der Waals surface area contributed by atoms with Crippen molar-refractivity contribution in [1.82, 2.24) is 14.7 Å². The van der Waals surface area contributed by atoms with Gasteiger partial charge in [0.05, 0.1) is 18.1 Å². The number of anilines is 1. The molecule has 7 nitrogen and oxygen atoms in total. The fourth-order valence-electron chi connectivity index (χ4n) is 3.05. The minimum atomic E-state index is -2.92. The smallest absolute Gasteiger partial charge is 0.253 e. The molecule has 0 atom stereocenters. The number of nitrogens with zero attached hydrogens (tertiary/aromatic N) is 4. The van der Waals surface area contributed by atoms with Crippen molar-refractivity contribution in [3.63, 3.8) is 0 Å². The average molecular weight is 376 g/mol. The minimum absolute atomic E-state index is 0.0221. The van der Waals surface area contributed by atoms with E-state index < -0.39 is 9.84 Å². The number of carbonyl (C=O) groups is 1. The summed E-state index contributed by atoms with van der Waals surface area (Å²) >= 11 is 0. The lowest BCUT2D eigenvalue weighted by Crippen LogP contribution is -2.40. The number of aromatic nitrogens is 2. The van der Waals surface area contributed by atoms with Gasteiger partial charge in [-0.3, -0.25) is 9.48 Å². The molecule has 1 aliphatic rings. The first-order valence-electron chi connectivity index (χ1n) is 8.80. The number of carbonyl (C=O) groups excluding carboxylic acids is 1. The van der Waals surface area contributed by atoms with Gasteiger partial charge in [-0.05, 0) is 31.2 Å². The van der Waals surface area contributed by atoms with E-state index in [1.165, 1.54) is 0 Å². The van der Waals surface area contributed by atoms with E-state index in [2.05, 4.69) is 5.10 Å². The van der Waals surface area contributed by atoms with Crippen molar-refractivity contribution in [2.24, 2.45) is 0 Å². The minimum Gasteiger partial charge on any atom is -0.369 e. The molecule has 1 aromatic carbocycles. The third-order valence-corrected chi connectivity index (χ3v) is 6.24. The van der Waals surface area contributed by atoms with Crippen molar-refractivity contribution < 1.29 is 13.2 Å². The van der Waals surface area contributed by atoms with Gasteiger partial charge in [0.1, 0.15) is 0 Å². The highest BCUT2D eigenvalue weighted by Gasteiger charge is 2.22. The van der Waals surface area contributed by atoms with E-state index in [0.29, 0.717) is 38.3 Å². The highest BCUT2D eigenvalue weighted by molar-refractivity contribution is 7.91. The van der Waals surface area contributed by atoms with Gasteiger partial charge in [-0.25, -0.2) is 8.42 Å². The van der Waals surface area contributed by atoms with Crippen LogP contribution in [0.15, 0.2) is 42.7 Å². The Morgan fingerprint density at radius 3 is 2.65 bits per heavy atom. The topological polar surface area (TPSA) is 75.5 Å². The van der Waals surface area contributed by atoms with Crippen molar-refractivity contribution in [3.05, 3.63) is 48.3 Å². The molecule has 0 saturated carbocycles. The van der Waals surface area contributed by atoms with E-state index in [1.54, 1.807) is 15.8 Å². The van der Waals surface area contributed by atoms with Crippen LogP contribution in [0.3, 0.4) is 0 Å². The molecule has 1 fully saturated rings. The van der Waals surface area contributed by atoms with Crippen molar-refractivity contribution in [2.75, 3.05) is 42.6 Å². The van der Waals surface area contributed by atoms with Crippen LogP contribution in [-0.4, -0.2) is 66.7 Å². The maximum Gasteiger partial charge on any atom is 0.253 e. The van der Waals surface area contributed by atoms with E-state index in [-0.39, 0.29) is 17.4 Å². The van der Waals surface area contributed by atoms with E-state index in [0.717, 1.165) is 5.69 Å². The molecule has 0 unspecified atom stereocenters. The molecule has 0 N–H and O–H groups in total. The molecule has 0 bridgehead atoms. The molecular formula is C18H24N4O3S. The first-order chi connectivity index (χ1) is 12.5. The molecular weight excluding hydrogens is 352 g/mol. The molecule has 3 rings (SSSR count). The van der Waals surface area contributed by atoms with E-state index in [9.17, 15) is 13.2 Å². The molecule has 0 spiro atoms. The van der Waals surface area contributed by atoms with Crippen LogP contribution in [0, 0.1) is 0 Å². The Hall–Kier alpha value is -2.35. The Kier molecular flexibility index (Phi) is 5.61. The van der Waals surface area contributed by atoms with Gasteiger partial charge in [0.25, 0.3) is 5.91 Å². The summed E-state index contributed by atoms with van der Waals surface area (Å²) in [4.78, 5) is 16.7. The second-order valence-corrected chi connectivity index (χ2v) is 8.65. The summed E-state index contributed by atoms with van der Waals surface area (Å²) in [5.74, 6) is 0.304. The maximum atomic E-state index is 12.9. The van der Waals surface area contributed by atoms with Gasteiger partial charge in [0, 0.05) is 49.8 Å². The highest BCUT2D eigenvalue weighted by atomic mass is 32.2. The van der Waals surface area contributed by atoms with Crippen LogP contribution >= 0.6 is 0 Å². The summed E-state index contributed by atoms with van der Waals surface area (Å²) in [5.41, 5.74) is 1.52. The lowest BCUT2D eigenvalue weighted by Gasteiger charge is -2.29. The van der Waals surface area contributed by atoms with E-state index >= 15 is 0 Å². The molecule has 2 aromatic rings. The SMILES string of the molecule is CCN(CCn1cccn1)C(=O)c1cccc(N2CCS(=O)(=O)CC2)c1. The zero-order valence-corrected chi connectivity index (χ0v) is 15.7. The Labute approximate surface area is 154 Å². The average Bonchev–Trinajstić information content (AvgIpc) is 3.15. The summed E-state index contributed by atoms with van der Waals surface area (Å²) in [6.45, 7) is 4.75. The summed E-state index contributed by atoms with van der Waals surface area (Å²) < 4.78 is 25.0. The fraction of sp³-hybridized carbons (Fsp3) is 0.444. The molecule has 1 saturated heterocycles. The highest BCUT2D eigenvalue weighted by Crippen LogP contribution is 2.20. The van der Waals surface area contributed by atoms with Gasteiger partial charge in [-0.15, -0.1) is 0 Å². The van der Waals surface area contributed by atoms with Crippen LogP contribution in [0.25, 0.3) is 0 Å². The summed E-state index contributed by atoms with van der Waals surface area (Å²) in [7, 11) is -2.92. The zero-order chi connectivity index (χ0) is 18.6. The van der Waals surface area contributed by atoms with Crippen molar-refractivity contribution in [2.45, 2.75) is 13.5 Å². The molecule has 0 radical (unpaired) electrons. The fourth-order valence-corrected chi connectivity index (χ4v) is 4.25. The predicted molar refractivity (Wildman–Crippen MR) is 101 cm³/mol. The summed E-state index contributed by atoms with van der Waals surface area (Å²) in [6.07, 6.45) is 3.60. The third-order valence-electron chi connectivity index (χ3n) is 4.63. The van der Waals surface area contributed by atoms with Crippen LogP contribution in [0.5, 0.6) is 0 Å². The largest absolute Gasteiger partial charge is 0.369 e. The number of hydrogen-bond donors (Lipinski definition) is 0. The summed E-state index contributed by atoms with van der Waals surface area (Å²) in [5, 5.41) is 4.16. The van der Waals surface area contributed by atoms with Crippen LogP contribution in [0.1, 0.15) is 17.3 Å². The van der Waals surface area contributed by atoms with Crippen LogP contribution in [-0.2, 0) is 16.4 Å². The van der Waals surface area contributed by atoms with Crippen LogP contribution < -0.4 is 4.90 Å². The van der Waals surface area contributed by atoms with Gasteiger partial charge in [0.15, 0.2) is 9.84 Å². The molecule has 1 amide bonds. The number of likely N-dealkylation sites (N-methyl/N-ethyl adjacent to an activating group) is 1.